The van der Waals surface area contributed by atoms with E-state index in [-0.39, 0.29) is 0 Å². The predicted octanol–water partition coefficient (Wildman–Crippen LogP) is 6.82. The van der Waals surface area contributed by atoms with Crippen LogP contribution in [-0.4, -0.2) is 17.1 Å². The Kier molecular flexibility index (Phi) is 14.0. The molecule has 0 aliphatic carbocycles. The van der Waals surface area contributed by atoms with E-state index in [2.05, 4.69) is 52.5 Å². The molecular formula is C14H27Br3OSi. The summed E-state index contributed by atoms with van der Waals surface area (Å²) >= 11 is 11.0. The smallest absolute Gasteiger partial charge is 0.267 e. The zero-order valence-corrected chi connectivity index (χ0v) is 17.8. The van der Waals surface area contributed by atoms with Gasteiger partial charge >= 0.3 is 0 Å². The van der Waals surface area contributed by atoms with Crippen molar-refractivity contribution in [3.05, 3.63) is 12.2 Å². The third-order valence-electron chi connectivity index (χ3n) is 2.85. The summed E-state index contributed by atoms with van der Waals surface area (Å²) in [4.78, 5) is 0. The van der Waals surface area contributed by atoms with E-state index in [1.165, 1.54) is 57.4 Å². The Morgan fingerprint density at radius 1 is 0.895 bits per heavy atom. The largest absolute Gasteiger partial charge is 0.377 e. The van der Waals surface area contributed by atoms with Crippen molar-refractivity contribution in [2.45, 2.75) is 64.3 Å². The highest BCUT2D eigenvalue weighted by Crippen LogP contribution is 2.33. The van der Waals surface area contributed by atoms with Crippen LogP contribution in [0.2, 0.25) is 6.04 Å². The number of halogens is 3. The topological polar surface area (TPSA) is 9.23 Å². The summed E-state index contributed by atoms with van der Waals surface area (Å²) in [5, 5.41) is 0. The van der Waals surface area contributed by atoms with Crippen LogP contribution in [-0.2, 0) is 4.74 Å². The zero-order chi connectivity index (χ0) is 14.6. The van der Waals surface area contributed by atoms with Gasteiger partial charge in [-0.3, -0.25) is 0 Å². The van der Waals surface area contributed by atoms with Crippen LogP contribution in [0.15, 0.2) is 12.2 Å². The molecule has 0 N–H and O–H groups in total. The van der Waals surface area contributed by atoms with Crippen molar-refractivity contribution in [2.24, 2.45) is 0 Å². The first-order valence-electron chi connectivity index (χ1n) is 7.20. The Morgan fingerprint density at radius 3 is 1.84 bits per heavy atom. The summed E-state index contributed by atoms with van der Waals surface area (Å²) in [6, 6.07) is 1.26. The molecule has 114 valence electrons. The fraction of sp³-hybridized carbons (Fsp3) is 0.857. The lowest BCUT2D eigenvalue weighted by Crippen LogP contribution is -2.04. The van der Waals surface area contributed by atoms with Gasteiger partial charge in [0.2, 0.25) is 0 Å². The Balaban J connectivity index is 3.05. The van der Waals surface area contributed by atoms with Crippen molar-refractivity contribution in [3.63, 3.8) is 0 Å². The van der Waals surface area contributed by atoms with Crippen LogP contribution in [0.5, 0.6) is 0 Å². The molecule has 0 rings (SSSR count). The van der Waals surface area contributed by atoms with Crippen LogP contribution in [0.25, 0.3) is 0 Å². The van der Waals surface area contributed by atoms with Crippen molar-refractivity contribution >= 4 is 49.8 Å². The predicted molar refractivity (Wildman–Crippen MR) is 99.9 cm³/mol. The molecule has 0 aliphatic heterocycles. The van der Waals surface area contributed by atoms with E-state index in [9.17, 15) is 0 Å². The molecule has 0 aromatic heterocycles. The lowest BCUT2D eigenvalue weighted by Gasteiger charge is -2.08. The van der Waals surface area contributed by atoms with Gasteiger partial charge in [-0.15, -0.1) is 0 Å². The molecule has 0 saturated carbocycles. The van der Waals surface area contributed by atoms with Gasteiger partial charge in [-0.05, 0) is 19.4 Å². The minimum absolute atomic E-state index is 0.722. The standard InChI is InChI=1S/C14H27Br3OSi/c1-14(2)13-18-11-9-7-5-3-4-6-8-10-12-19(15,16)17/h1,3-13H2,2H3. The van der Waals surface area contributed by atoms with E-state index in [0.717, 1.165) is 18.8 Å². The van der Waals surface area contributed by atoms with Crippen LogP contribution in [0.4, 0.5) is 0 Å². The SMILES string of the molecule is C=C(C)COCCCCCCCCCC[Si](Br)(Br)Br. The second-order valence-electron chi connectivity index (χ2n) is 5.20. The van der Waals surface area contributed by atoms with Gasteiger partial charge < -0.3 is 4.74 Å². The van der Waals surface area contributed by atoms with E-state index in [0.29, 0.717) is 0 Å². The average molecular weight is 479 g/mol. The molecular weight excluding hydrogens is 452 g/mol. The quantitative estimate of drug-likeness (QED) is 0.122. The molecule has 0 aliphatic rings. The van der Waals surface area contributed by atoms with E-state index in [1.807, 2.05) is 6.92 Å². The molecule has 0 atom stereocenters. The number of hydrogen-bond donors (Lipinski definition) is 0. The van der Waals surface area contributed by atoms with Gasteiger partial charge in [0.15, 0.2) is 0 Å². The Labute approximate surface area is 143 Å². The monoisotopic (exact) mass is 476 g/mol. The fourth-order valence-electron chi connectivity index (χ4n) is 1.84. The van der Waals surface area contributed by atoms with Gasteiger partial charge in [-0.2, -0.15) is 0 Å². The molecule has 0 saturated heterocycles. The van der Waals surface area contributed by atoms with E-state index >= 15 is 0 Å². The number of hydrogen-bond acceptors (Lipinski definition) is 1. The highest BCUT2D eigenvalue weighted by atomic mass is 80.0. The first kappa shape index (κ1) is 20.4. The highest BCUT2D eigenvalue weighted by molar-refractivity contribution is 9.72. The van der Waals surface area contributed by atoms with Gasteiger partial charge in [0.05, 0.1) is 6.61 Å². The fourth-order valence-corrected chi connectivity index (χ4v) is 5.01. The van der Waals surface area contributed by atoms with Gasteiger partial charge in [-0.25, -0.2) is 0 Å². The lowest BCUT2D eigenvalue weighted by molar-refractivity contribution is 0.151. The average Bonchev–Trinajstić information content (AvgIpc) is 2.28. The van der Waals surface area contributed by atoms with E-state index < -0.39 is 3.93 Å². The molecule has 0 unspecified atom stereocenters. The summed E-state index contributed by atoms with van der Waals surface area (Å²) in [7, 11) is 0. The second-order valence-corrected chi connectivity index (χ2v) is 28.7. The van der Waals surface area contributed by atoms with Crippen LogP contribution < -0.4 is 0 Å². The molecule has 0 aromatic rings. The van der Waals surface area contributed by atoms with Gasteiger partial charge in [0, 0.05) is 6.61 Å². The molecule has 0 amide bonds. The lowest BCUT2D eigenvalue weighted by atomic mass is 10.1. The van der Waals surface area contributed by atoms with Crippen LogP contribution in [0.3, 0.4) is 0 Å². The van der Waals surface area contributed by atoms with Crippen LogP contribution >= 0.6 is 45.9 Å². The van der Waals surface area contributed by atoms with E-state index in [1.54, 1.807) is 0 Å². The van der Waals surface area contributed by atoms with Crippen molar-refractivity contribution in [2.75, 3.05) is 13.2 Å². The molecule has 0 bridgehead atoms. The minimum atomic E-state index is -1.34. The van der Waals surface area contributed by atoms with Crippen molar-refractivity contribution in [1.29, 1.82) is 0 Å². The first-order valence-corrected chi connectivity index (χ1v) is 16.2. The van der Waals surface area contributed by atoms with Crippen LogP contribution in [0.1, 0.15) is 58.3 Å². The molecule has 0 spiro atoms. The minimum Gasteiger partial charge on any atom is -0.377 e. The van der Waals surface area contributed by atoms with Gasteiger partial charge in [0.25, 0.3) is 3.93 Å². The maximum Gasteiger partial charge on any atom is 0.267 e. The Hall–Kier alpha value is 1.36. The molecule has 0 aromatic carbocycles. The molecule has 1 nitrogen and oxygen atoms in total. The molecule has 5 heteroatoms. The summed E-state index contributed by atoms with van der Waals surface area (Å²) in [5.41, 5.74) is 1.11. The molecule has 0 heterocycles. The summed E-state index contributed by atoms with van der Waals surface area (Å²) in [6.45, 7) is 7.44. The molecule has 19 heavy (non-hydrogen) atoms. The van der Waals surface area contributed by atoms with Crippen molar-refractivity contribution in [1.82, 2.24) is 0 Å². The number of ether oxygens (including phenoxy) is 1. The van der Waals surface area contributed by atoms with Gasteiger partial charge in [-0.1, -0.05) is 103 Å². The maximum atomic E-state index is 5.48. The van der Waals surface area contributed by atoms with Crippen molar-refractivity contribution in [3.8, 4) is 0 Å². The molecule has 0 radical (unpaired) electrons. The second kappa shape index (κ2) is 13.1. The zero-order valence-electron chi connectivity index (χ0n) is 12.0. The number of rotatable bonds is 13. The van der Waals surface area contributed by atoms with Crippen LogP contribution in [0, 0.1) is 0 Å². The number of unbranched alkanes of at least 4 members (excludes halogenated alkanes) is 7. The van der Waals surface area contributed by atoms with Crippen molar-refractivity contribution < 1.29 is 4.74 Å². The Bertz CT molecular complexity index is 229. The third kappa shape index (κ3) is 19.4. The highest BCUT2D eigenvalue weighted by Gasteiger charge is 2.20. The molecule has 0 fully saturated rings. The maximum absolute atomic E-state index is 5.48. The summed E-state index contributed by atoms with van der Waals surface area (Å²) < 4.78 is 4.14. The summed E-state index contributed by atoms with van der Waals surface area (Å²) in [5.74, 6) is 0. The normalized spacial score (nSPS) is 11.8. The Morgan fingerprint density at radius 2 is 1.37 bits per heavy atom. The third-order valence-corrected chi connectivity index (χ3v) is 7.34. The van der Waals surface area contributed by atoms with Gasteiger partial charge in [0.1, 0.15) is 0 Å². The van der Waals surface area contributed by atoms with E-state index in [4.69, 9.17) is 4.74 Å². The summed E-state index contributed by atoms with van der Waals surface area (Å²) in [6.07, 6.45) is 10.7. The first-order chi connectivity index (χ1) is 8.92.